The maximum atomic E-state index is 14.0. The van der Waals surface area contributed by atoms with Crippen LogP contribution in [-0.2, 0) is 0 Å². The van der Waals surface area contributed by atoms with E-state index >= 15 is 0 Å². The fourth-order valence-electron chi connectivity index (χ4n) is 2.33. The molecule has 2 N–H and O–H groups in total. The van der Waals surface area contributed by atoms with Gasteiger partial charge in [0, 0.05) is 5.56 Å². The molecule has 0 amide bonds. The Labute approximate surface area is 121 Å². The van der Waals surface area contributed by atoms with Crippen molar-refractivity contribution >= 4 is 0 Å². The Morgan fingerprint density at radius 3 is 2.62 bits per heavy atom. The molecule has 0 aromatic heterocycles. The fraction of sp³-hybridized carbons (Fsp3) is 0.250. The summed E-state index contributed by atoms with van der Waals surface area (Å²) < 4.78 is 38.9. The van der Waals surface area contributed by atoms with E-state index in [1.165, 1.54) is 6.92 Å². The molecule has 1 aliphatic rings. The van der Waals surface area contributed by atoms with Gasteiger partial charge in [-0.05, 0) is 36.8 Å². The van der Waals surface area contributed by atoms with Gasteiger partial charge in [0.05, 0.1) is 6.04 Å². The van der Waals surface area contributed by atoms with Crippen LogP contribution in [0.2, 0.25) is 0 Å². The second-order valence-corrected chi connectivity index (χ2v) is 5.06. The van der Waals surface area contributed by atoms with E-state index in [0.29, 0.717) is 11.5 Å². The van der Waals surface area contributed by atoms with Crippen LogP contribution in [0.4, 0.5) is 8.78 Å². The third-order valence-electron chi connectivity index (χ3n) is 3.57. The zero-order valence-corrected chi connectivity index (χ0v) is 11.5. The third-order valence-corrected chi connectivity index (χ3v) is 3.57. The lowest BCUT2D eigenvalue weighted by molar-refractivity contribution is 0.0712. The Morgan fingerprint density at radius 2 is 1.86 bits per heavy atom. The molecule has 0 fully saturated rings. The van der Waals surface area contributed by atoms with Crippen molar-refractivity contribution in [3.63, 3.8) is 0 Å². The van der Waals surface area contributed by atoms with E-state index in [2.05, 4.69) is 0 Å². The van der Waals surface area contributed by atoms with Gasteiger partial charge in [-0.3, -0.25) is 0 Å². The van der Waals surface area contributed by atoms with Crippen molar-refractivity contribution in [3.8, 4) is 11.5 Å². The fourth-order valence-corrected chi connectivity index (χ4v) is 2.33. The summed E-state index contributed by atoms with van der Waals surface area (Å²) in [4.78, 5) is 0. The largest absolute Gasteiger partial charge is 0.486 e. The van der Waals surface area contributed by atoms with E-state index in [0.717, 1.165) is 12.1 Å². The summed E-state index contributed by atoms with van der Waals surface area (Å²) in [6.07, 6.45) is -0.573. The number of hydrogen-bond donors (Lipinski definition) is 1. The van der Waals surface area contributed by atoms with Gasteiger partial charge in [0.1, 0.15) is 18.2 Å². The normalized spacial score (nSPS) is 18.4. The van der Waals surface area contributed by atoms with E-state index < -0.39 is 23.8 Å². The lowest BCUT2D eigenvalue weighted by atomic mass is 9.99. The molecule has 2 atom stereocenters. The number of benzene rings is 2. The van der Waals surface area contributed by atoms with Crippen LogP contribution >= 0.6 is 0 Å². The third kappa shape index (κ3) is 2.56. The summed E-state index contributed by atoms with van der Waals surface area (Å²) in [7, 11) is 0. The quantitative estimate of drug-likeness (QED) is 0.924. The SMILES string of the molecule is Cc1cc(F)c(C(N)C2COc3ccccc3O2)cc1F. The molecule has 3 rings (SSSR count). The first-order valence-electron chi connectivity index (χ1n) is 6.66. The standard InChI is InChI=1S/C16H15F2NO2/c1-9-6-12(18)10(7-11(9)17)16(19)15-8-20-13-4-2-3-5-14(13)21-15/h2-7,15-16H,8,19H2,1H3. The second-order valence-electron chi connectivity index (χ2n) is 5.06. The van der Waals surface area contributed by atoms with Gasteiger partial charge in [-0.1, -0.05) is 12.1 Å². The highest BCUT2D eigenvalue weighted by Gasteiger charge is 2.29. The van der Waals surface area contributed by atoms with Crippen LogP contribution < -0.4 is 15.2 Å². The number of halogens is 2. The smallest absolute Gasteiger partial charge is 0.161 e. The Bertz CT molecular complexity index is 675. The minimum absolute atomic E-state index is 0.0890. The average molecular weight is 291 g/mol. The lowest BCUT2D eigenvalue weighted by Gasteiger charge is -2.30. The van der Waals surface area contributed by atoms with Crippen molar-refractivity contribution in [1.29, 1.82) is 0 Å². The van der Waals surface area contributed by atoms with E-state index in [1.807, 2.05) is 12.1 Å². The predicted octanol–water partition coefficient (Wildman–Crippen LogP) is 3.11. The van der Waals surface area contributed by atoms with Gasteiger partial charge in [0.25, 0.3) is 0 Å². The Kier molecular flexibility index (Phi) is 3.51. The molecular formula is C16H15F2NO2. The van der Waals surface area contributed by atoms with Gasteiger partial charge in [0.15, 0.2) is 17.6 Å². The number of aryl methyl sites for hydroxylation is 1. The molecule has 0 aliphatic carbocycles. The molecule has 2 aromatic rings. The van der Waals surface area contributed by atoms with Gasteiger partial charge in [0.2, 0.25) is 0 Å². The van der Waals surface area contributed by atoms with Crippen LogP contribution in [0, 0.1) is 18.6 Å². The van der Waals surface area contributed by atoms with Crippen molar-refractivity contribution < 1.29 is 18.3 Å². The first-order valence-corrected chi connectivity index (χ1v) is 6.66. The molecule has 110 valence electrons. The van der Waals surface area contributed by atoms with Crippen molar-refractivity contribution in [2.75, 3.05) is 6.61 Å². The van der Waals surface area contributed by atoms with Crippen LogP contribution in [0.15, 0.2) is 36.4 Å². The highest BCUT2D eigenvalue weighted by molar-refractivity contribution is 5.41. The number of nitrogens with two attached hydrogens (primary N) is 1. The number of ether oxygens (including phenoxy) is 2. The number of rotatable bonds is 2. The molecule has 21 heavy (non-hydrogen) atoms. The summed E-state index contributed by atoms with van der Waals surface area (Å²) in [6.45, 7) is 1.69. The van der Waals surface area contributed by atoms with Crippen molar-refractivity contribution in [2.45, 2.75) is 19.1 Å². The molecule has 2 aromatic carbocycles. The molecule has 0 spiro atoms. The average Bonchev–Trinajstić information content (AvgIpc) is 2.50. The maximum absolute atomic E-state index is 14.0. The monoisotopic (exact) mass is 291 g/mol. The Morgan fingerprint density at radius 1 is 1.14 bits per heavy atom. The van der Waals surface area contributed by atoms with Gasteiger partial charge >= 0.3 is 0 Å². The van der Waals surface area contributed by atoms with E-state index in [-0.39, 0.29) is 17.7 Å². The molecule has 0 bridgehead atoms. The summed E-state index contributed by atoms with van der Waals surface area (Å²) >= 11 is 0. The van der Waals surface area contributed by atoms with Gasteiger partial charge in [-0.2, -0.15) is 0 Å². The van der Waals surface area contributed by atoms with Gasteiger partial charge in [-0.25, -0.2) is 8.78 Å². The van der Waals surface area contributed by atoms with Crippen molar-refractivity contribution in [3.05, 3.63) is 59.2 Å². The molecular weight excluding hydrogens is 276 g/mol. The van der Waals surface area contributed by atoms with Crippen LogP contribution in [-0.4, -0.2) is 12.7 Å². The van der Waals surface area contributed by atoms with Crippen molar-refractivity contribution in [2.24, 2.45) is 5.73 Å². The Balaban J connectivity index is 1.87. The van der Waals surface area contributed by atoms with E-state index in [4.69, 9.17) is 15.2 Å². The zero-order chi connectivity index (χ0) is 15.0. The van der Waals surface area contributed by atoms with E-state index in [1.54, 1.807) is 12.1 Å². The molecule has 0 saturated carbocycles. The molecule has 3 nitrogen and oxygen atoms in total. The highest BCUT2D eigenvalue weighted by atomic mass is 19.1. The summed E-state index contributed by atoms with van der Waals surface area (Å²) in [5.74, 6) is 0.150. The first-order chi connectivity index (χ1) is 10.1. The number of fused-ring (bicyclic) bond motifs is 1. The predicted molar refractivity (Wildman–Crippen MR) is 74.4 cm³/mol. The summed E-state index contributed by atoms with van der Waals surface area (Å²) in [6, 6.07) is 8.62. The summed E-state index contributed by atoms with van der Waals surface area (Å²) in [5, 5.41) is 0. The molecule has 2 unspecified atom stereocenters. The van der Waals surface area contributed by atoms with Crippen LogP contribution in [0.25, 0.3) is 0 Å². The van der Waals surface area contributed by atoms with Crippen molar-refractivity contribution in [1.82, 2.24) is 0 Å². The van der Waals surface area contributed by atoms with Gasteiger partial charge in [-0.15, -0.1) is 0 Å². The molecule has 1 heterocycles. The number of hydrogen-bond acceptors (Lipinski definition) is 3. The molecule has 1 aliphatic heterocycles. The summed E-state index contributed by atoms with van der Waals surface area (Å²) in [5.41, 5.74) is 6.37. The first kappa shape index (κ1) is 13.8. The minimum Gasteiger partial charge on any atom is -0.486 e. The second kappa shape index (κ2) is 5.33. The molecule has 5 heteroatoms. The lowest BCUT2D eigenvalue weighted by Crippen LogP contribution is -2.39. The van der Waals surface area contributed by atoms with E-state index in [9.17, 15) is 8.78 Å². The number of para-hydroxylation sites is 2. The molecule has 0 saturated heterocycles. The topological polar surface area (TPSA) is 44.5 Å². The van der Waals surface area contributed by atoms with Gasteiger partial charge < -0.3 is 15.2 Å². The minimum atomic E-state index is -0.812. The maximum Gasteiger partial charge on any atom is 0.161 e. The highest BCUT2D eigenvalue weighted by Crippen LogP contribution is 2.34. The molecule has 0 radical (unpaired) electrons. The van der Waals surface area contributed by atoms with Crippen LogP contribution in [0.1, 0.15) is 17.2 Å². The van der Waals surface area contributed by atoms with Crippen LogP contribution in [0.5, 0.6) is 11.5 Å². The van der Waals surface area contributed by atoms with Crippen LogP contribution in [0.3, 0.4) is 0 Å². The Hall–Kier alpha value is -2.14. The zero-order valence-electron chi connectivity index (χ0n) is 11.5.